The van der Waals surface area contributed by atoms with Crippen LogP contribution in [0.15, 0.2) is 48.5 Å². The molecular weight excluding hydrogens is 336 g/mol. The molecule has 0 aromatic heterocycles. The second-order valence-electron chi connectivity index (χ2n) is 6.06. The first-order valence-electron chi connectivity index (χ1n) is 7.84. The van der Waals surface area contributed by atoms with E-state index in [4.69, 9.17) is 4.74 Å². The molecule has 0 spiro atoms. The molecule has 26 heavy (non-hydrogen) atoms. The number of hydrogen-bond donors (Lipinski definition) is 4. The molecule has 6 nitrogen and oxygen atoms in total. The number of hydrogen-bond acceptors (Lipinski definition) is 6. The number of aromatic hydroxyl groups is 4. The summed E-state index contributed by atoms with van der Waals surface area (Å²) in [6.07, 6.45) is -0.00659. The van der Waals surface area contributed by atoms with E-state index >= 15 is 0 Å². The van der Waals surface area contributed by atoms with Crippen molar-refractivity contribution in [2.75, 3.05) is 0 Å². The largest absolute Gasteiger partial charge is 0.508 e. The summed E-state index contributed by atoms with van der Waals surface area (Å²) in [7, 11) is 0. The Kier molecular flexibility index (Phi) is 3.47. The average molecular weight is 350 g/mol. The van der Waals surface area contributed by atoms with Gasteiger partial charge in [-0.05, 0) is 29.8 Å². The van der Waals surface area contributed by atoms with Crippen molar-refractivity contribution in [2.45, 2.75) is 6.42 Å². The van der Waals surface area contributed by atoms with Crippen molar-refractivity contribution in [3.05, 3.63) is 59.7 Å². The van der Waals surface area contributed by atoms with E-state index in [-0.39, 0.29) is 46.5 Å². The molecule has 1 aliphatic rings. The summed E-state index contributed by atoms with van der Waals surface area (Å²) in [6, 6.07) is 11.7. The van der Waals surface area contributed by atoms with Gasteiger partial charge in [-0.3, -0.25) is 4.79 Å². The minimum atomic E-state index is -0.344. The molecule has 1 heterocycles. The van der Waals surface area contributed by atoms with Gasteiger partial charge in [-0.2, -0.15) is 0 Å². The van der Waals surface area contributed by atoms with E-state index in [1.165, 1.54) is 18.2 Å². The number of carbonyl (C=O) groups excluding carboxylic acids is 1. The van der Waals surface area contributed by atoms with Crippen LogP contribution in [0.25, 0.3) is 11.1 Å². The number of carbonyl (C=O) groups is 1. The first kappa shape index (κ1) is 15.8. The van der Waals surface area contributed by atoms with Gasteiger partial charge in [0.25, 0.3) is 0 Å². The van der Waals surface area contributed by atoms with E-state index in [9.17, 15) is 25.2 Å². The van der Waals surface area contributed by atoms with Crippen LogP contribution in [0.1, 0.15) is 15.9 Å². The number of benzene rings is 3. The van der Waals surface area contributed by atoms with E-state index in [0.717, 1.165) is 6.07 Å². The number of ketones is 1. The fourth-order valence-corrected chi connectivity index (χ4v) is 3.08. The van der Waals surface area contributed by atoms with Crippen LogP contribution < -0.4 is 4.74 Å². The molecule has 3 aromatic carbocycles. The van der Waals surface area contributed by atoms with Crippen molar-refractivity contribution >= 4 is 5.78 Å². The molecule has 130 valence electrons. The maximum atomic E-state index is 12.6. The van der Waals surface area contributed by atoms with Crippen molar-refractivity contribution in [1.29, 1.82) is 0 Å². The quantitative estimate of drug-likeness (QED) is 0.533. The van der Waals surface area contributed by atoms with Crippen molar-refractivity contribution in [2.24, 2.45) is 0 Å². The highest BCUT2D eigenvalue weighted by Crippen LogP contribution is 2.42. The Balaban J connectivity index is 1.81. The van der Waals surface area contributed by atoms with E-state index in [1.54, 1.807) is 24.3 Å². The van der Waals surface area contributed by atoms with Crippen LogP contribution >= 0.6 is 0 Å². The number of ether oxygens (including phenoxy) is 1. The zero-order valence-corrected chi connectivity index (χ0v) is 13.4. The second kappa shape index (κ2) is 5.70. The molecule has 1 aliphatic heterocycles. The van der Waals surface area contributed by atoms with Crippen LogP contribution in [0, 0.1) is 0 Å². The van der Waals surface area contributed by atoms with Crippen molar-refractivity contribution in [3.63, 3.8) is 0 Å². The lowest BCUT2D eigenvalue weighted by molar-refractivity contribution is 0.0991. The van der Waals surface area contributed by atoms with Crippen LogP contribution in [0.4, 0.5) is 0 Å². The molecule has 0 fully saturated rings. The summed E-state index contributed by atoms with van der Waals surface area (Å²) in [4.78, 5) is 12.6. The van der Waals surface area contributed by atoms with Crippen LogP contribution in [-0.4, -0.2) is 26.2 Å². The number of rotatable bonds is 1. The Bertz CT molecular complexity index is 1050. The lowest BCUT2D eigenvalue weighted by atomic mass is 9.97. The second-order valence-corrected chi connectivity index (χ2v) is 6.06. The molecule has 0 atom stereocenters. The Morgan fingerprint density at radius 2 is 1.54 bits per heavy atom. The smallest absolute Gasteiger partial charge is 0.174 e. The Labute approximate surface area is 148 Å². The highest BCUT2D eigenvalue weighted by atomic mass is 16.5. The first-order chi connectivity index (χ1) is 12.4. The maximum absolute atomic E-state index is 12.6. The van der Waals surface area contributed by atoms with Gasteiger partial charge in [0.05, 0.1) is 0 Å². The summed E-state index contributed by atoms with van der Waals surface area (Å²) >= 11 is 0. The molecule has 4 rings (SSSR count). The fraction of sp³-hybridized carbons (Fsp3) is 0.0500. The molecule has 4 N–H and O–H groups in total. The molecule has 0 radical (unpaired) electrons. The summed E-state index contributed by atoms with van der Waals surface area (Å²) in [5.74, 6) is -0.516. The number of fused-ring (bicyclic) bond motifs is 2. The molecule has 0 bridgehead atoms. The lowest BCUT2D eigenvalue weighted by Crippen LogP contribution is -2.02. The highest BCUT2D eigenvalue weighted by Gasteiger charge is 2.25. The van der Waals surface area contributed by atoms with Crippen molar-refractivity contribution < 1.29 is 30.0 Å². The van der Waals surface area contributed by atoms with Gasteiger partial charge >= 0.3 is 0 Å². The molecule has 0 saturated carbocycles. The number of Topliss-reactive ketones (excluding diaryl/α,β-unsaturated/α-hetero) is 1. The van der Waals surface area contributed by atoms with Crippen LogP contribution in [0.5, 0.6) is 34.5 Å². The summed E-state index contributed by atoms with van der Waals surface area (Å²) in [5.41, 5.74) is 1.75. The predicted octanol–water partition coefficient (Wildman–Crippen LogP) is 3.71. The first-order valence-corrected chi connectivity index (χ1v) is 7.84. The van der Waals surface area contributed by atoms with Crippen LogP contribution in [0.2, 0.25) is 0 Å². The summed E-state index contributed by atoms with van der Waals surface area (Å²) in [6.45, 7) is 0. The zero-order valence-electron chi connectivity index (χ0n) is 13.4. The highest BCUT2D eigenvalue weighted by molar-refractivity contribution is 6.03. The minimum absolute atomic E-state index is 0.00659. The third kappa shape index (κ3) is 2.57. The molecular formula is C20H14O6. The standard InChI is InChI=1S/C20H14O6/c21-12-2-3-14(15(23)7-12)10-1-4-18-11(5-10)6-16(24)20-17(25)8-13(22)9-19(20)26-18/h1-5,7-9,21-23,25H,6H2. The van der Waals surface area contributed by atoms with Crippen molar-refractivity contribution in [1.82, 2.24) is 0 Å². The minimum Gasteiger partial charge on any atom is -0.508 e. The third-order valence-corrected chi connectivity index (χ3v) is 4.27. The van der Waals surface area contributed by atoms with Gasteiger partial charge in [-0.1, -0.05) is 6.07 Å². The fourth-order valence-electron chi connectivity index (χ4n) is 3.08. The molecule has 0 aliphatic carbocycles. The Hall–Kier alpha value is -3.67. The van der Waals surface area contributed by atoms with E-state index in [2.05, 4.69) is 0 Å². The van der Waals surface area contributed by atoms with Gasteiger partial charge in [0, 0.05) is 35.7 Å². The zero-order chi connectivity index (χ0) is 18.4. The Morgan fingerprint density at radius 1 is 0.769 bits per heavy atom. The summed E-state index contributed by atoms with van der Waals surface area (Å²) < 4.78 is 5.73. The van der Waals surface area contributed by atoms with Gasteiger partial charge < -0.3 is 25.2 Å². The van der Waals surface area contributed by atoms with Crippen LogP contribution in [0.3, 0.4) is 0 Å². The van der Waals surface area contributed by atoms with E-state index < -0.39 is 0 Å². The van der Waals surface area contributed by atoms with Crippen LogP contribution in [-0.2, 0) is 6.42 Å². The maximum Gasteiger partial charge on any atom is 0.174 e. The summed E-state index contributed by atoms with van der Waals surface area (Å²) in [5, 5.41) is 39.1. The molecule has 6 heteroatoms. The van der Waals surface area contributed by atoms with Gasteiger partial charge in [0.2, 0.25) is 0 Å². The van der Waals surface area contributed by atoms with Gasteiger partial charge in [-0.25, -0.2) is 0 Å². The molecule has 0 unspecified atom stereocenters. The Morgan fingerprint density at radius 3 is 2.31 bits per heavy atom. The molecule has 0 saturated heterocycles. The van der Waals surface area contributed by atoms with E-state index in [1.807, 2.05) is 0 Å². The number of phenolic OH excluding ortho intramolecular Hbond substituents is 4. The lowest BCUT2D eigenvalue weighted by Gasteiger charge is -2.11. The molecule has 0 amide bonds. The predicted molar refractivity (Wildman–Crippen MR) is 93.1 cm³/mol. The SMILES string of the molecule is O=C1Cc2cc(-c3ccc(O)cc3O)ccc2Oc2cc(O)cc(O)c21. The monoisotopic (exact) mass is 350 g/mol. The van der Waals surface area contributed by atoms with E-state index in [0.29, 0.717) is 22.4 Å². The number of phenols is 4. The van der Waals surface area contributed by atoms with Crippen molar-refractivity contribution in [3.8, 4) is 45.6 Å². The average Bonchev–Trinajstić information content (AvgIpc) is 2.69. The molecule has 3 aromatic rings. The third-order valence-electron chi connectivity index (χ3n) is 4.27. The van der Waals surface area contributed by atoms with Gasteiger partial charge in [-0.15, -0.1) is 0 Å². The topological polar surface area (TPSA) is 107 Å². The van der Waals surface area contributed by atoms with Gasteiger partial charge in [0.15, 0.2) is 5.78 Å². The van der Waals surface area contributed by atoms with Gasteiger partial charge in [0.1, 0.15) is 40.1 Å². The normalized spacial score (nSPS) is 12.7.